The zero-order valence-electron chi connectivity index (χ0n) is 11.4. The Morgan fingerprint density at radius 2 is 1.89 bits per heavy atom. The Kier molecular flexibility index (Phi) is 3.37. The van der Waals surface area contributed by atoms with Crippen molar-refractivity contribution in [2.75, 3.05) is 0 Å². The first-order valence-corrected chi connectivity index (χ1v) is 6.16. The molecule has 0 saturated carbocycles. The lowest BCUT2D eigenvalue weighted by Crippen LogP contribution is -2.11. The molecule has 1 aromatic heterocycles. The van der Waals surface area contributed by atoms with Crippen molar-refractivity contribution in [3.8, 4) is 11.5 Å². The summed E-state index contributed by atoms with van der Waals surface area (Å²) in [5, 5.41) is 0. The van der Waals surface area contributed by atoms with Gasteiger partial charge in [-0.25, -0.2) is 0 Å². The molecule has 2 aromatic rings. The average Bonchev–Trinajstić information content (AvgIpc) is 2.32. The van der Waals surface area contributed by atoms with E-state index in [4.69, 9.17) is 4.74 Å². The summed E-state index contributed by atoms with van der Waals surface area (Å²) in [4.78, 5) is 4.04. The molecule has 2 heteroatoms. The number of aromatic nitrogens is 1. The summed E-state index contributed by atoms with van der Waals surface area (Å²) in [7, 11) is 0. The standard InChI is InChI=1S/C16H19NO/c1-12-10-13(16(2,3)4)7-8-15(12)18-14-6-5-9-17-11-14/h5-11H,1-4H3. The number of rotatable bonds is 2. The Labute approximate surface area is 109 Å². The molecule has 0 N–H and O–H groups in total. The second-order valence-corrected chi connectivity index (χ2v) is 5.52. The zero-order chi connectivity index (χ0) is 13.2. The van der Waals surface area contributed by atoms with Crippen LogP contribution in [0.15, 0.2) is 42.7 Å². The van der Waals surface area contributed by atoms with Crippen LogP contribution in [0.3, 0.4) is 0 Å². The molecule has 18 heavy (non-hydrogen) atoms. The van der Waals surface area contributed by atoms with Crippen LogP contribution in [0.4, 0.5) is 0 Å². The maximum Gasteiger partial charge on any atom is 0.145 e. The Morgan fingerprint density at radius 1 is 1.11 bits per heavy atom. The average molecular weight is 241 g/mol. The highest BCUT2D eigenvalue weighted by atomic mass is 16.5. The van der Waals surface area contributed by atoms with Gasteiger partial charge in [-0.05, 0) is 41.7 Å². The first-order chi connectivity index (χ1) is 8.47. The topological polar surface area (TPSA) is 22.1 Å². The molecule has 2 rings (SSSR count). The smallest absolute Gasteiger partial charge is 0.145 e. The fraction of sp³-hybridized carbons (Fsp3) is 0.312. The molecule has 0 spiro atoms. The van der Waals surface area contributed by atoms with Gasteiger partial charge < -0.3 is 4.74 Å². The van der Waals surface area contributed by atoms with Gasteiger partial charge >= 0.3 is 0 Å². The molecule has 1 aromatic carbocycles. The molecule has 0 saturated heterocycles. The lowest BCUT2D eigenvalue weighted by Gasteiger charge is -2.20. The van der Waals surface area contributed by atoms with Crippen molar-refractivity contribution in [2.45, 2.75) is 33.1 Å². The molecular weight excluding hydrogens is 222 g/mol. The quantitative estimate of drug-likeness (QED) is 0.773. The van der Waals surface area contributed by atoms with Gasteiger partial charge in [-0.3, -0.25) is 4.98 Å². The molecule has 0 aliphatic carbocycles. The third kappa shape index (κ3) is 2.89. The van der Waals surface area contributed by atoms with Crippen molar-refractivity contribution >= 4 is 0 Å². The van der Waals surface area contributed by atoms with E-state index in [0.717, 1.165) is 17.1 Å². The van der Waals surface area contributed by atoms with Crippen molar-refractivity contribution in [1.82, 2.24) is 4.98 Å². The first kappa shape index (κ1) is 12.6. The van der Waals surface area contributed by atoms with Crippen molar-refractivity contribution < 1.29 is 4.74 Å². The van der Waals surface area contributed by atoms with E-state index in [1.807, 2.05) is 18.2 Å². The molecule has 94 valence electrons. The Hall–Kier alpha value is -1.83. The van der Waals surface area contributed by atoms with Crippen LogP contribution in [-0.4, -0.2) is 4.98 Å². The maximum atomic E-state index is 5.81. The van der Waals surface area contributed by atoms with Crippen molar-refractivity contribution in [1.29, 1.82) is 0 Å². The number of ether oxygens (including phenoxy) is 1. The second-order valence-electron chi connectivity index (χ2n) is 5.52. The molecule has 0 fully saturated rings. The molecule has 0 bridgehead atoms. The minimum Gasteiger partial charge on any atom is -0.455 e. The van der Waals surface area contributed by atoms with Gasteiger partial charge in [-0.1, -0.05) is 32.9 Å². The number of hydrogen-bond acceptors (Lipinski definition) is 2. The third-order valence-electron chi connectivity index (χ3n) is 2.90. The first-order valence-electron chi connectivity index (χ1n) is 6.16. The largest absolute Gasteiger partial charge is 0.455 e. The molecule has 2 nitrogen and oxygen atoms in total. The fourth-order valence-corrected chi connectivity index (χ4v) is 1.76. The van der Waals surface area contributed by atoms with Crippen molar-refractivity contribution in [2.24, 2.45) is 0 Å². The highest BCUT2D eigenvalue weighted by Gasteiger charge is 2.14. The van der Waals surface area contributed by atoms with E-state index in [-0.39, 0.29) is 5.41 Å². The predicted molar refractivity (Wildman–Crippen MR) is 74.2 cm³/mol. The van der Waals surface area contributed by atoms with Crippen LogP contribution < -0.4 is 4.74 Å². The van der Waals surface area contributed by atoms with E-state index in [1.165, 1.54) is 5.56 Å². The van der Waals surface area contributed by atoms with Gasteiger partial charge in [0.2, 0.25) is 0 Å². The van der Waals surface area contributed by atoms with Crippen LogP contribution in [0, 0.1) is 6.92 Å². The van der Waals surface area contributed by atoms with E-state index in [0.29, 0.717) is 0 Å². The third-order valence-corrected chi connectivity index (χ3v) is 2.90. The van der Waals surface area contributed by atoms with E-state index in [2.05, 4.69) is 44.8 Å². The van der Waals surface area contributed by atoms with Gasteiger partial charge in [0.15, 0.2) is 0 Å². The highest BCUT2D eigenvalue weighted by Crippen LogP contribution is 2.29. The number of hydrogen-bond donors (Lipinski definition) is 0. The van der Waals surface area contributed by atoms with Crippen LogP contribution in [-0.2, 0) is 5.41 Å². The van der Waals surface area contributed by atoms with Gasteiger partial charge in [0.25, 0.3) is 0 Å². The molecule has 0 amide bonds. The van der Waals surface area contributed by atoms with Gasteiger partial charge in [-0.2, -0.15) is 0 Å². The van der Waals surface area contributed by atoms with Gasteiger partial charge in [0.05, 0.1) is 6.20 Å². The van der Waals surface area contributed by atoms with E-state index in [1.54, 1.807) is 12.4 Å². The van der Waals surface area contributed by atoms with E-state index < -0.39 is 0 Å². The molecule has 0 unspecified atom stereocenters. The lowest BCUT2D eigenvalue weighted by molar-refractivity contribution is 0.475. The molecule has 0 radical (unpaired) electrons. The van der Waals surface area contributed by atoms with Gasteiger partial charge in [-0.15, -0.1) is 0 Å². The Bertz CT molecular complexity index is 527. The number of benzene rings is 1. The van der Waals surface area contributed by atoms with Crippen LogP contribution >= 0.6 is 0 Å². The van der Waals surface area contributed by atoms with E-state index >= 15 is 0 Å². The summed E-state index contributed by atoms with van der Waals surface area (Å²) < 4.78 is 5.81. The minimum absolute atomic E-state index is 0.164. The molecule has 1 heterocycles. The maximum absolute atomic E-state index is 5.81. The highest BCUT2D eigenvalue weighted by molar-refractivity contribution is 5.41. The summed E-state index contributed by atoms with van der Waals surface area (Å²) in [5.41, 5.74) is 2.63. The second kappa shape index (κ2) is 4.81. The normalized spacial score (nSPS) is 11.3. The Morgan fingerprint density at radius 3 is 2.44 bits per heavy atom. The molecule has 0 aliphatic heterocycles. The molecule has 0 atom stereocenters. The van der Waals surface area contributed by atoms with Crippen molar-refractivity contribution in [3.05, 3.63) is 53.9 Å². The predicted octanol–water partition coefficient (Wildman–Crippen LogP) is 4.48. The number of pyridine rings is 1. The van der Waals surface area contributed by atoms with Crippen LogP contribution in [0.25, 0.3) is 0 Å². The Balaban J connectivity index is 2.26. The summed E-state index contributed by atoms with van der Waals surface area (Å²) in [5.74, 6) is 1.65. The fourth-order valence-electron chi connectivity index (χ4n) is 1.76. The summed E-state index contributed by atoms with van der Waals surface area (Å²) in [6.45, 7) is 8.71. The number of aryl methyl sites for hydroxylation is 1. The molecular formula is C16H19NO. The summed E-state index contributed by atoms with van der Waals surface area (Å²) in [6, 6.07) is 10.1. The SMILES string of the molecule is Cc1cc(C(C)(C)C)ccc1Oc1cccnc1. The van der Waals surface area contributed by atoms with Gasteiger partial charge in [0, 0.05) is 6.20 Å². The zero-order valence-corrected chi connectivity index (χ0v) is 11.4. The van der Waals surface area contributed by atoms with Crippen LogP contribution in [0.1, 0.15) is 31.9 Å². The lowest BCUT2D eigenvalue weighted by atomic mass is 9.86. The van der Waals surface area contributed by atoms with Crippen molar-refractivity contribution in [3.63, 3.8) is 0 Å². The summed E-state index contributed by atoms with van der Waals surface area (Å²) in [6.07, 6.45) is 3.46. The van der Waals surface area contributed by atoms with Crippen LogP contribution in [0.2, 0.25) is 0 Å². The molecule has 0 aliphatic rings. The van der Waals surface area contributed by atoms with Gasteiger partial charge in [0.1, 0.15) is 11.5 Å². The summed E-state index contributed by atoms with van der Waals surface area (Å²) >= 11 is 0. The minimum atomic E-state index is 0.164. The van der Waals surface area contributed by atoms with E-state index in [9.17, 15) is 0 Å². The monoisotopic (exact) mass is 241 g/mol. The van der Waals surface area contributed by atoms with Crippen LogP contribution in [0.5, 0.6) is 11.5 Å². The number of nitrogens with zero attached hydrogens (tertiary/aromatic N) is 1.